The Morgan fingerprint density at radius 1 is 0.737 bits per heavy atom. The van der Waals surface area contributed by atoms with Crippen molar-refractivity contribution in [2.45, 2.75) is 0 Å². The second kappa shape index (κ2) is 3.69. The lowest BCUT2D eigenvalue weighted by Gasteiger charge is -2.08. The van der Waals surface area contributed by atoms with Crippen LogP contribution in [0.15, 0.2) is 60.8 Å². The van der Waals surface area contributed by atoms with Crippen molar-refractivity contribution < 1.29 is 5.11 Å². The summed E-state index contributed by atoms with van der Waals surface area (Å²) in [5.74, 6) is 0.278. The van der Waals surface area contributed by atoms with E-state index in [0.717, 1.165) is 21.7 Å². The van der Waals surface area contributed by atoms with Gasteiger partial charge in [0.25, 0.3) is 0 Å². The summed E-state index contributed by atoms with van der Waals surface area (Å²) in [6.07, 6.45) is 1.74. The lowest BCUT2D eigenvalue weighted by molar-refractivity contribution is 0.481. The molecule has 1 aromatic heterocycles. The van der Waals surface area contributed by atoms with Crippen molar-refractivity contribution in [2.75, 3.05) is 0 Å². The van der Waals surface area contributed by atoms with Gasteiger partial charge in [0.1, 0.15) is 5.75 Å². The van der Waals surface area contributed by atoms with Gasteiger partial charge in [0, 0.05) is 17.0 Å². The van der Waals surface area contributed by atoms with Crippen molar-refractivity contribution in [3.8, 4) is 5.75 Å². The molecule has 0 aliphatic carbocycles. The predicted octanol–water partition coefficient (Wildman–Crippen LogP) is 4.25. The van der Waals surface area contributed by atoms with E-state index in [1.54, 1.807) is 12.3 Å². The van der Waals surface area contributed by atoms with Crippen LogP contribution in [0.4, 0.5) is 0 Å². The van der Waals surface area contributed by atoms with Crippen LogP contribution in [0.3, 0.4) is 0 Å². The van der Waals surface area contributed by atoms with Gasteiger partial charge in [-0.3, -0.25) is 4.98 Å². The highest BCUT2D eigenvalue weighted by Crippen LogP contribution is 2.33. The van der Waals surface area contributed by atoms with Crippen LogP contribution >= 0.6 is 0 Å². The molecule has 0 unspecified atom stereocenters. The van der Waals surface area contributed by atoms with Gasteiger partial charge in [-0.15, -0.1) is 0 Å². The molecular weight excluding hydrogens is 234 g/mol. The van der Waals surface area contributed by atoms with Crippen LogP contribution in [0.5, 0.6) is 5.75 Å². The molecule has 2 heteroatoms. The summed E-state index contributed by atoms with van der Waals surface area (Å²) in [7, 11) is 0. The fourth-order valence-corrected chi connectivity index (χ4v) is 2.69. The minimum atomic E-state index is 0.278. The monoisotopic (exact) mass is 245 g/mol. The van der Waals surface area contributed by atoms with Crippen molar-refractivity contribution in [1.82, 2.24) is 4.98 Å². The number of phenolic OH excluding ortho intramolecular Hbond substituents is 1. The number of benzene rings is 3. The second-order valence-electron chi connectivity index (χ2n) is 4.68. The Morgan fingerprint density at radius 3 is 2.53 bits per heavy atom. The molecular formula is C17H11NO. The quantitative estimate of drug-likeness (QED) is 0.470. The Morgan fingerprint density at radius 2 is 1.58 bits per heavy atom. The summed E-state index contributed by atoms with van der Waals surface area (Å²) < 4.78 is 0. The smallest absolute Gasteiger partial charge is 0.124 e. The lowest BCUT2D eigenvalue weighted by atomic mass is 10.00. The zero-order chi connectivity index (χ0) is 12.8. The van der Waals surface area contributed by atoms with Gasteiger partial charge in [-0.25, -0.2) is 0 Å². The molecule has 0 fully saturated rings. The molecule has 0 atom stereocenters. The molecule has 0 aliphatic heterocycles. The van der Waals surface area contributed by atoms with Crippen molar-refractivity contribution in [2.24, 2.45) is 0 Å². The highest BCUT2D eigenvalue weighted by atomic mass is 16.3. The summed E-state index contributed by atoms with van der Waals surface area (Å²) in [6, 6.07) is 18.0. The Hall–Kier alpha value is -2.61. The van der Waals surface area contributed by atoms with Crippen LogP contribution in [0.1, 0.15) is 0 Å². The molecule has 0 amide bonds. The summed E-state index contributed by atoms with van der Waals surface area (Å²) in [4.78, 5) is 4.46. The number of phenols is 1. The first-order valence-electron chi connectivity index (χ1n) is 6.23. The van der Waals surface area contributed by atoms with E-state index >= 15 is 0 Å². The van der Waals surface area contributed by atoms with E-state index in [-0.39, 0.29) is 5.75 Å². The van der Waals surface area contributed by atoms with E-state index in [1.165, 1.54) is 10.8 Å². The van der Waals surface area contributed by atoms with Gasteiger partial charge < -0.3 is 5.11 Å². The molecule has 1 N–H and O–H groups in total. The SMILES string of the molecule is Oc1cccc2c1cnc1ccc3ccccc3c12. The molecule has 2 nitrogen and oxygen atoms in total. The summed E-state index contributed by atoms with van der Waals surface area (Å²) >= 11 is 0. The number of hydrogen-bond donors (Lipinski definition) is 1. The van der Waals surface area contributed by atoms with E-state index in [9.17, 15) is 5.11 Å². The van der Waals surface area contributed by atoms with E-state index in [4.69, 9.17) is 0 Å². The van der Waals surface area contributed by atoms with Crippen molar-refractivity contribution >= 4 is 32.4 Å². The van der Waals surface area contributed by atoms with Gasteiger partial charge in [-0.05, 0) is 28.3 Å². The van der Waals surface area contributed by atoms with Gasteiger partial charge in [0.05, 0.1) is 5.52 Å². The van der Waals surface area contributed by atoms with Gasteiger partial charge in [0.2, 0.25) is 0 Å². The number of pyridine rings is 1. The zero-order valence-electron chi connectivity index (χ0n) is 10.2. The molecule has 4 rings (SSSR count). The van der Waals surface area contributed by atoms with Gasteiger partial charge in [-0.1, -0.05) is 42.5 Å². The molecule has 0 saturated heterocycles. The molecule has 3 aromatic carbocycles. The maximum Gasteiger partial charge on any atom is 0.124 e. The zero-order valence-corrected chi connectivity index (χ0v) is 10.2. The Balaban J connectivity index is 2.37. The molecule has 1 heterocycles. The lowest BCUT2D eigenvalue weighted by Crippen LogP contribution is -1.84. The third-order valence-corrected chi connectivity index (χ3v) is 3.59. The second-order valence-corrected chi connectivity index (χ2v) is 4.68. The molecule has 4 aromatic rings. The molecule has 0 radical (unpaired) electrons. The van der Waals surface area contributed by atoms with Gasteiger partial charge in [0.15, 0.2) is 0 Å². The fraction of sp³-hybridized carbons (Fsp3) is 0. The van der Waals surface area contributed by atoms with Gasteiger partial charge in [-0.2, -0.15) is 0 Å². The molecule has 0 bridgehead atoms. The Labute approximate surface area is 109 Å². The van der Waals surface area contributed by atoms with Crippen molar-refractivity contribution in [3.05, 3.63) is 60.8 Å². The first kappa shape index (κ1) is 10.3. The summed E-state index contributed by atoms with van der Waals surface area (Å²) in [5.41, 5.74) is 0.955. The van der Waals surface area contributed by atoms with E-state index < -0.39 is 0 Å². The third-order valence-electron chi connectivity index (χ3n) is 3.59. The Kier molecular flexibility index (Phi) is 2.00. The number of aromatic hydroxyl groups is 1. The largest absolute Gasteiger partial charge is 0.507 e. The minimum absolute atomic E-state index is 0.278. The van der Waals surface area contributed by atoms with E-state index in [1.807, 2.05) is 30.3 Å². The van der Waals surface area contributed by atoms with Crippen molar-refractivity contribution in [3.63, 3.8) is 0 Å². The minimum Gasteiger partial charge on any atom is -0.507 e. The molecule has 19 heavy (non-hydrogen) atoms. The standard InChI is InChI=1S/C17H11NO/c19-16-7-3-6-13-14(16)10-18-15-9-8-11-4-1-2-5-12(11)17(13)15/h1-10,19H. The third kappa shape index (κ3) is 1.40. The number of nitrogens with zero attached hydrogens (tertiary/aromatic N) is 1. The molecule has 0 aliphatic rings. The fourth-order valence-electron chi connectivity index (χ4n) is 2.69. The predicted molar refractivity (Wildman–Crippen MR) is 78.4 cm³/mol. The van der Waals surface area contributed by atoms with Crippen LogP contribution in [-0.2, 0) is 0 Å². The van der Waals surface area contributed by atoms with Gasteiger partial charge >= 0.3 is 0 Å². The van der Waals surface area contributed by atoms with Crippen molar-refractivity contribution in [1.29, 1.82) is 0 Å². The Bertz CT molecular complexity index is 928. The normalized spacial score (nSPS) is 11.4. The average Bonchev–Trinajstić information content (AvgIpc) is 2.47. The number of rotatable bonds is 0. The molecule has 90 valence electrons. The first-order valence-corrected chi connectivity index (χ1v) is 6.23. The maximum absolute atomic E-state index is 9.96. The number of fused-ring (bicyclic) bond motifs is 5. The summed E-state index contributed by atoms with van der Waals surface area (Å²) in [5, 5.41) is 15.3. The van der Waals surface area contributed by atoms with Crippen LogP contribution in [0.25, 0.3) is 32.4 Å². The van der Waals surface area contributed by atoms with Crippen LogP contribution < -0.4 is 0 Å². The first-order chi connectivity index (χ1) is 9.34. The van der Waals surface area contributed by atoms with Crippen LogP contribution in [0.2, 0.25) is 0 Å². The highest BCUT2D eigenvalue weighted by molar-refractivity contribution is 6.19. The molecule has 0 saturated carbocycles. The average molecular weight is 245 g/mol. The van der Waals surface area contributed by atoms with E-state index in [0.29, 0.717) is 0 Å². The highest BCUT2D eigenvalue weighted by Gasteiger charge is 2.07. The van der Waals surface area contributed by atoms with Crippen LogP contribution in [-0.4, -0.2) is 10.1 Å². The number of aromatic nitrogens is 1. The van der Waals surface area contributed by atoms with E-state index in [2.05, 4.69) is 23.2 Å². The maximum atomic E-state index is 9.96. The summed E-state index contributed by atoms with van der Waals surface area (Å²) in [6.45, 7) is 0. The molecule has 0 spiro atoms. The van der Waals surface area contributed by atoms with Crippen LogP contribution in [0, 0.1) is 0 Å². The number of hydrogen-bond acceptors (Lipinski definition) is 2. The topological polar surface area (TPSA) is 33.1 Å².